The van der Waals surface area contributed by atoms with Crippen LogP contribution in [0.2, 0.25) is 10.0 Å². The van der Waals surface area contributed by atoms with Crippen molar-refractivity contribution in [2.75, 3.05) is 48.0 Å². The van der Waals surface area contributed by atoms with Crippen LogP contribution in [0, 0.1) is 0 Å². The van der Waals surface area contributed by atoms with Gasteiger partial charge in [0.1, 0.15) is 5.56 Å². The number of carbonyl (C=O) groups is 1. The molecule has 172 valence electrons. The minimum Gasteiger partial charge on any atom is -0.455 e. The summed E-state index contributed by atoms with van der Waals surface area (Å²) < 4.78 is 5.73. The zero-order valence-corrected chi connectivity index (χ0v) is 19.8. The molecule has 0 radical (unpaired) electrons. The maximum atomic E-state index is 13.0. The van der Waals surface area contributed by atoms with Gasteiger partial charge >= 0.3 is 0 Å². The van der Waals surface area contributed by atoms with Gasteiger partial charge in [0.25, 0.3) is 5.91 Å². The van der Waals surface area contributed by atoms with Gasteiger partial charge in [-0.3, -0.25) is 9.69 Å². The van der Waals surface area contributed by atoms with Crippen LogP contribution in [-0.2, 0) is 0 Å². The second-order valence-electron chi connectivity index (χ2n) is 7.40. The molecular formula is C22H21Cl3N6O2. The van der Waals surface area contributed by atoms with Gasteiger partial charge in [0.2, 0.25) is 11.8 Å². The summed E-state index contributed by atoms with van der Waals surface area (Å²) in [4.78, 5) is 25.4. The van der Waals surface area contributed by atoms with Gasteiger partial charge in [-0.05, 0) is 36.4 Å². The number of hydrogen-bond donors (Lipinski definition) is 2. The number of anilines is 4. The molecule has 3 aromatic rings. The van der Waals surface area contributed by atoms with Crippen molar-refractivity contribution >= 4 is 64.5 Å². The topological polar surface area (TPSA) is 82.6 Å². The number of amides is 1. The van der Waals surface area contributed by atoms with E-state index in [1.54, 1.807) is 18.2 Å². The van der Waals surface area contributed by atoms with Crippen molar-refractivity contribution in [1.82, 2.24) is 15.3 Å². The van der Waals surface area contributed by atoms with Crippen molar-refractivity contribution < 1.29 is 9.53 Å². The SMILES string of the molecule is Cl.O=C1c2cnc(Nc3ccc(N4CCNCC4)cc3)nc2OCN1c1c(Cl)cccc1Cl. The van der Waals surface area contributed by atoms with Crippen LogP contribution in [0.3, 0.4) is 0 Å². The summed E-state index contributed by atoms with van der Waals surface area (Å²) in [5.74, 6) is 0.230. The van der Waals surface area contributed by atoms with Crippen LogP contribution in [0.5, 0.6) is 5.88 Å². The molecule has 3 heterocycles. The second-order valence-corrected chi connectivity index (χ2v) is 8.21. The molecular weight excluding hydrogens is 487 g/mol. The highest BCUT2D eigenvalue weighted by atomic mass is 35.5. The molecule has 2 aliphatic heterocycles. The second kappa shape index (κ2) is 10.0. The van der Waals surface area contributed by atoms with Crippen molar-refractivity contribution in [3.05, 3.63) is 64.3 Å². The number of aromatic nitrogens is 2. The van der Waals surface area contributed by atoms with E-state index in [4.69, 9.17) is 27.9 Å². The highest BCUT2D eigenvalue weighted by Crippen LogP contribution is 2.37. The van der Waals surface area contributed by atoms with Gasteiger partial charge in [0, 0.05) is 43.8 Å². The molecule has 11 heteroatoms. The van der Waals surface area contributed by atoms with E-state index in [1.165, 1.54) is 16.8 Å². The number of halogens is 3. The predicted molar refractivity (Wildman–Crippen MR) is 133 cm³/mol. The predicted octanol–water partition coefficient (Wildman–Crippen LogP) is 4.36. The summed E-state index contributed by atoms with van der Waals surface area (Å²) in [5.41, 5.74) is 2.66. The third-order valence-electron chi connectivity index (χ3n) is 5.37. The van der Waals surface area contributed by atoms with Crippen LogP contribution in [0.4, 0.5) is 23.0 Å². The lowest BCUT2D eigenvalue weighted by Gasteiger charge is -2.29. The van der Waals surface area contributed by atoms with E-state index in [-0.39, 0.29) is 36.5 Å². The molecule has 0 bridgehead atoms. The smallest absolute Gasteiger partial charge is 0.268 e. The average molecular weight is 508 g/mol. The Labute approximate surface area is 207 Å². The molecule has 0 atom stereocenters. The normalized spacial score (nSPS) is 15.4. The third-order valence-corrected chi connectivity index (χ3v) is 5.98. The minimum atomic E-state index is -0.326. The molecule has 0 unspecified atom stereocenters. The maximum Gasteiger partial charge on any atom is 0.268 e. The molecule has 2 aromatic carbocycles. The van der Waals surface area contributed by atoms with E-state index in [9.17, 15) is 4.79 Å². The summed E-state index contributed by atoms with van der Waals surface area (Å²) >= 11 is 12.5. The molecule has 1 aromatic heterocycles. The van der Waals surface area contributed by atoms with Gasteiger partial charge in [-0.1, -0.05) is 29.3 Å². The largest absolute Gasteiger partial charge is 0.455 e. The van der Waals surface area contributed by atoms with Gasteiger partial charge in [-0.2, -0.15) is 4.98 Å². The van der Waals surface area contributed by atoms with Crippen molar-refractivity contribution in [1.29, 1.82) is 0 Å². The van der Waals surface area contributed by atoms with E-state index in [0.29, 0.717) is 21.7 Å². The molecule has 1 saturated heterocycles. The van der Waals surface area contributed by atoms with Crippen LogP contribution < -0.4 is 25.2 Å². The third kappa shape index (κ3) is 4.79. The fourth-order valence-electron chi connectivity index (χ4n) is 3.73. The molecule has 0 saturated carbocycles. The number of rotatable bonds is 4. The Morgan fingerprint density at radius 1 is 1.03 bits per heavy atom. The molecule has 1 amide bonds. The molecule has 5 rings (SSSR count). The van der Waals surface area contributed by atoms with Crippen LogP contribution in [-0.4, -0.2) is 48.8 Å². The number of benzene rings is 2. The minimum absolute atomic E-state index is 0. The van der Waals surface area contributed by atoms with Crippen LogP contribution in [0.15, 0.2) is 48.7 Å². The molecule has 2 aliphatic rings. The maximum absolute atomic E-state index is 13.0. The van der Waals surface area contributed by atoms with Crippen molar-refractivity contribution in [3.63, 3.8) is 0 Å². The summed E-state index contributed by atoms with van der Waals surface area (Å²) in [6.07, 6.45) is 1.44. The first kappa shape index (κ1) is 23.4. The summed E-state index contributed by atoms with van der Waals surface area (Å²) in [7, 11) is 0. The lowest BCUT2D eigenvalue weighted by Crippen LogP contribution is -2.43. The quantitative estimate of drug-likeness (QED) is 0.543. The number of nitrogens with one attached hydrogen (secondary N) is 2. The van der Waals surface area contributed by atoms with Gasteiger partial charge in [0.05, 0.1) is 15.7 Å². The van der Waals surface area contributed by atoms with Crippen LogP contribution in [0.25, 0.3) is 0 Å². The van der Waals surface area contributed by atoms with Gasteiger partial charge in [0.15, 0.2) is 6.73 Å². The zero-order valence-electron chi connectivity index (χ0n) is 17.4. The molecule has 0 spiro atoms. The number of ether oxygens (including phenoxy) is 1. The van der Waals surface area contributed by atoms with E-state index >= 15 is 0 Å². The zero-order chi connectivity index (χ0) is 22.1. The lowest BCUT2D eigenvalue weighted by molar-refractivity contribution is 0.0932. The first-order valence-electron chi connectivity index (χ1n) is 10.2. The number of piperazine rings is 1. The fourth-order valence-corrected chi connectivity index (χ4v) is 4.34. The Hall–Kier alpha value is -2.78. The standard InChI is InChI=1S/C22H20Cl2N6O2.ClH/c23-17-2-1-3-18(24)19(17)30-13-32-20-16(21(30)31)12-26-22(28-20)27-14-4-6-15(7-5-14)29-10-8-25-9-11-29;/h1-7,12,25H,8-11,13H2,(H,26,27,28);1H. The first-order valence-corrected chi connectivity index (χ1v) is 10.9. The number of hydrogen-bond acceptors (Lipinski definition) is 7. The van der Waals surface area contributed by atoms with Gasteiger partial charge in [-0.15, -0.1) is 12.4 Å². The van der Waals surface area contributed by atoms with Crippen molar-refractivity contribution in [2.45, 2.75) is 0 Å². The molecule has 2 N–H and O–H groups in total. The number of fused-ring (bicyclic) bond motifs is 1. The summed E-state index contributed by atoms with van der Waals surface area (Å²) in [6.45, 7) is 3.90. The van der Waals surface area contributed by atoms with E-state index < -0.39 is 0 Å². The number of nitrogens with zero attached hydrogens (tertiary/aromatic N) is 4. The van der Waals surface area contributed by atoms with E-state index in [0.717, 1.165) is 31.9 Å². The van der Waals surface area contributed by atoms with E-state index in [1.807, 2.05) is 12.1 Å². The van der Waals surface area contributed by atoms with E-state index in [2.05, 4.69) is 37.6 Å². The number of carbonyl (C=O) groups excluding carboxylic acids is 1. The highest BCUT2D eigenvalue weighted by Gasteiger charge is 2.31. The van der Waals surface area contributed by atoms with Crippen LogP contribution >= 0.6 is 35.6 Å². The Morgan fingerprint density at radius 2 is 1.73 bits per heavy atom. The Bertz CT molecular complexity index is 1140. The lowest BCUT2D eigenvalue weighted by atomic mass is 10.2. The van der Waals surface area contributed by atoms with Crippen molar-refractivity contribution in [3.8, 4) is 5.88 Å². The highest BCUT2D eigenvalue weighted by molar-refractivity contribution is 6.40. The molecule has 8 nitrogen and oxygen atoms in total. The monoisotopic (exact) mass is 506 g/mol. The van der Waals surface area contributed by atoms with Gasteiger partial charge < -0.3 is 20.3 Å². The Balaban J connectivity index is 0.00000259. The van der Waals surface area contributed by atoms with Crippen molar-refractivity contribution in [2.24, 2.45) is 0 Å². The molecule has 1 fully saturated rings. The van der Waals surface area contributed by atoms with Crippen LogP contribution in [0.1, 0.15) is 10.4 Å². The number of para-hydroxylation sites is 1. The average Bonchev–Trinajstić information content (AvgIpc) is 2.81. The molecule has 0 aliphatic carbocycles. The first-order chi connectivity index (χ1) is 15.6. The fraction of sp³-hybridized carbons (Fsp3) is 0.227. The molecule has 33 heavy (non-hydrogen) atoms. The summed E-state index contributed by atoms with van der Waals surface area (Å²) in [5, 5.41) is 7.24. The van der Waals surface area contributed by atoms with Gasteiger partial charge in [-0.25, -0.2) is 4.98 Å². The summed E-state index contributed by atoms with van der Waals surface area (Å²) in [6, 6.07) is 13.1. The Kier molecular flexibility index (Phi) is 7.09. The Morgan fingerprint density at radius 3 is 2.42 bits per heavy atom.